The van der Waals surface area contributed by atoms with E-state index in [4.69, 9.17) is 14.6 Å². The van der Waals surface area contributed by atoms with Gasteiger partial charge in [0, 0.05) is 29.8 Å². The van der Waals surface area contributed by atoms with Gasteiger partial charge in [0.1, 0.15) is 11.5 Å². The van der Waals surface area contributed by atoms with E-state index in [1.54, 1.807) is 14.2 Å². The first-order valence-electron chi connectivity index (χ1n) is 10.3. The van der Waals surface area contributed by atoms with Crippen LogP contribution in [-0.4, -0.2) is 30.0 Å². The minimum absolute atomic E-state index is 0.361. The summed E-state index contributed by atoms with van der Waals surface area (Å²) in [6.45, 7) is 5.11. The SMILES string of the molecule is COc1ccc(CNC2C=CC(c3c(C)nn(-c4ccc(OC)cc4)c3C)C2)cc1. The molecule has 0 saturated heterocycles. The van der Waals surface area contributed by atoms with Crippen molar-refractivity contribution in [2.24, 2.45) is 0 Å². The van der Waals surface area contributed by atoms with Crippen molar-refractivity contribution >= 4 is 0 Å². The van der Waals surface area contributed by atoms with Crippen molar-refractivity contribution in [1.82, 2.24) is 15.1 Å². The van der Waals surface area contributed by atoms with Crippen molar-refractivity contribution in [1.29, 1.82) is 0 Å². The zero-order valence-corrected chi connectivity index (χ0v) is 18.1. The van der Waals surface area contributed by atoms with Crippen molar-refractivity contribution in [3.05, 3.63) is 83.2 Å². The molecule has 0 spiro atoms. The third-order valence-electron chi connectivity index (χ3n) is 5.85. The molecule has 3 aromatic rings. The molecular weight excluding hydrogens is 374 g/mol. The van der Waals surface area contributed by atoms with E-state index in [2.05, 4.69) is 43.4 Å². The summed E-state index contributed by atoms with van der Waals surface area (Å²) in [7, 11) is 3.37. The molecule has 0 amide bonds. The molecule has 1 aliphatic rings. The van der Waals surface area contributed by atoms with Gasteiger partial charge in [-0.05, 0) is 62.2 Å². The molecule has 1 heterocycles. The van der Waals surface area contributed by atoms with Crippen LogP contribution in [0.3, 0.4) is 0 Å². The van der Waals surface area contributed by atoms with Crippen LogP contribution in [0.4, 0.5) is 0 Å². The zero-order chi connectivity index (χ0) is 21.1. The predicted octanol–water partition coefficient (Wildman–Crippen LogP) is 4.71. The highest BCUT2D eigenvalue weighted by molar-refractivity contribution is 5.43. The lowest BCUT2D eigenvalue weighted by Crippen LogP contribution is -2.25. The van der Waals surface area contributed by atoms with E-state index in [0.29, 0.717) is 12.0 Å². The molecule has 1 aromatic heterocycles. The fraction of sp³-hybridized carbons (Fsp3) is 0.320. The second-order valence-corrected chi connectivity index (χ2v) is 7.76. The van der Waals surface area contributed by atoms with Gasteiger partial charge in [0.2, 0.25) is 0 Å². The molecule has 0 radical (unpaired) electrons. The van der Waals surface area contributed by atoms with Crippen LogP contribution >= 0.6 is 0 Å². The van der Waals surface area contributed by atoms with Gasteiger partial charge in [-0.15, -0.1) is 0 Å². The highest BCUT2D eigenvalue weighted by atomic mass is 16.5. The van der Waals surface area contributed by atoms with Crippen LogP contribution in [0, 0.1) is 13.8 Å². The van der Waals surface area contributed by atoms with E-state index in [9.17, 15) is 0 Å². The van der Waals surface area contributed by atoms with Crippen LogP contribution in [0.5, 0.6) is 11.5 Å². The van der Waals surface area contributed by atoms with Crippen LogP contribution in [0.15, 0.2) is 60.7 Å². The summed E-state index contributed by atoms with van der Waals surface area (Å²) >= 11 is 0. The lowest BCUT2D eigenvalue weighted by molar-refractivity contribution is 0.414. The Labute approximate surface area is 178 Å². The summed E-state index contributed by atoms with van der Waals surface area (Å²) in [5.41, 5.74) is 5.93. The Morgan fingerprint density at radius 2 is 1.57 bits per heavy atom. The van der Waals surface area contributed by atoms with Crippen molar-refractivity contribution in [2.75, 3.05) is 14.2 Å². The molecule has 2 unspecified atom stereocenters. The minimum atomic E-state index is 0.361. The first-order chi connectivity index (χ1) is 14.6. The van der Waals surface area contributed by atoms with Gasteiger partial charge < -0.3 is 14.8 Å². The minimum Gasteiger partial charge on any atom is -0.497 e. The number of aryl methyl sites for hydroxylation is 1. The number of rotatable bonds is 7. The van der Waals surface area contributed by atoms with Gasteiger partial charge in [0.25, 0.3) is 0 Å². The first-order valence-corrected chi connectivity index (χ1v) is 10.3. The summed E-state index contributed by atoms with van der Waals surface area (Å²) < 4.78 is 12.5. The summed E-state index contributed by atoms with van der Waals surface area (Å²) in [6.07, 6.45) is 5.66. The maximum atomic E-state index is 5.27. The molecule has 0 aliphatic heterocycles. The molecule has 156 valence electrons. The number of hydrogen-bond donors (Lipinski definition) is 1. The molecule has 1 N–H and O–H groups in total. The predicted molar refractivity (Wildman–Crippen MR) is 120 cm³/mol. The average molecular weight is 404 g/mol. The molecule has 0 saturated carbocycles. The topological polar surface area (TPSA) is 48.3 Å². The highest BCUT2D eigenvalue weighted by Crippen LogP contribution is 2.34. The molecule has 1 aliphatic carbocycles. The average Bonchev–Trinajstić information content (AvgIpc) is 3.36. The summed E-state index contributed by atoms with van der Waals surface area (Å²) in [4.78, 5) is 0. The van der Waals surface area contributed by atoms with Crippen LogP contribution in [0.1, 0.15) is 34.9 Å². The van der Waals surface area contributed by atoms with E-state index in [1.165, 1.54) is 16.8 Å². The molecule has 4 rings (SSSR count). The Kier molecular flexibility index (Phi) is 5.91. The van der Waals surface area contributed by atoms with Crippen LogP contribution in [-0.2, 0) is 6.54 Å². The number of methoxy groups -OCH3 is 2. The number of allylic oxidation sites excluding steroid dienone is 1. The molecule has 30 heavy (non-hydrogen) atoms. The zero-order valence-electron chi connectivity index (χ0n) is 18.1. The van der Waals surface area contributed by atoms with Gasteiger partial charge >= 0.3 is 0 Å². The number of aromatic nitrogens is 2. The van der Waals surface area contributed by atoms with Gasteiger partial charge in [-0.25, -0.2) is 4.68 Å². The maximum absolute atomic E-state index is 5.27. The van der Waals surface area contributed by atoms with Gasteiger partial charge in [0.15, 0.2) is 0 Å². The van der Waals surface area contributed by atoms with E-state index in [-0.39, 0.29) is 0 Å². The monoisotopic (exact) mass is 403 g/mol. The number of ether oxygens (including phenoxy) is 2. The Bertz CT molecular complexity index is 1020. The third-order valence-corrected chi connectivity index (χ3v) is 5.85. The number of benzene rings is 2. The summed E-state index contributed by atoms with van der Waals surface area (Å²) in [5, 5.41) is 8.48. The fourth-order valence-corrected chi connectivity index (χ4v) is 4.22. The second kappa shape index (κ2) is 8.76. The normalized spacial score (nSPS) is 18.0. The molecule has 5 heteroatoms. The standard InChI is InChI=1S/C25H29N3O2/c1-17-25(18(2)28(27-17)22-9-13-24(30-4)14-10-22)20-7-8-21(15-20)26-16-19-5-11-23(29-3)12-6-19/h5-14,20-21,26H,15-16H2,1-4H3. The second-order valence-electron chi connectivity index (χ2n) is 7.76. The van der Waals surface area contributed by atoms with E-state index in [1.807, 2.05) is 41.1 Å². The molecule has 0 bridgehead atoms. The van der Waals surface area contributed by atoms with Crippen molar-refractivity contribution < 1.29 is 9.47 Å². The van der Waals surface area contributed by atoms with E-state index in [0.717, 1.165) is 35.8 Å². The largest absolute Gasteiger partial charge is 0.497 e. The maximum Gasteiger partial charge on any atom is 0.119 e. The van der Waals surface area contributed by atoms with E-state index >= 15 is 0 Å². The van der Waals surface area contributed by atoms with E-state index < -0.39 is 0 Å². The Morgan fingerprint density at radius 3 is 2.20 bits per heavy atom. The van der Waals surface area contributed by atoms with Gasteiger partial charge in [-0.1, -0.05) is 24.3 Å². The van der Waals surface area contributed by atoms with Gasteiger partial charge in [0.05, 0.1) is 25.6 Å². The molecular formula is C25H29N3O2. The number of hydrogen-bond acceptors (Lipinski definition) is 4. The highest BCUT2D eigenvalue weighted by Gasteiger charge is 2.26. The molecule has 2 aromatic carbocycles. The van der Waals surface area contributed by atoms with Gasteiger partial charge in [-0.3, -0.25) is 0 Å². The Balaban J connectivity index is 1.43. The van der Waals surface area contributed by atoms with Crippen LogP contribution in [0.2, 0.25) is 0 Å². The third kappa shape index (κ3) is 4.12. The van der Waals surface area contributed by atoms with Crippen molar-refractivity contribution in [2.45, 2.75) is 38.8 Å². The van der Waals surface area contributed by atoms with Crippen LogP contribution < -0.4 is 14.8 Å². The molecule has 5 nitrogen and oxygen atoms in total. The number of nitrogens with one attached hydrogen (secondary N) is 1. The Morgan fingerprint density at radius 1 is 0.933 bits per heavy atom. The quantitative estimate of drug-likeness (QED) is 0.581. The Hall–Kier alpha value is -3.05. The number of nitrogens with zero attached hydrogens (tertiary/aromatic N) is 2. The molecule has 2 atom stereocenters. The van der Waals surface area contributed by atoms with Crippen molar-refractivity contribution in [3.8, 4) is 17.2 Å². The summed E-state index contributed by atoms with van der Waals surface area (Å²) in [6, 6.07) is 16.6. The van der Waals surface area contributed by atoms with Gasteiger partial charge in [-0.2, -0.15) is 5.10 Å². The fourth-order valence-electron chi connectivity index (χ4n) is 4.22. The van der Waals surface area contributed by atoms with Crippen LogP contribution in [0.25, 0.3) is 5.69 Å². The first kappa shape index (κ1) is 20.2. The lowest BCUT2D eigenvalue weighted by atomic mass is 9.96. The lowest BCUT2D eigenvalue weighted by Gasteiger charge is -2.15. The summed E-state index contributed by atoms with van der Waals surface area (Å²) in [5.74, 6) is 2.12. The smallest absolute Gasteiger partial charge is 0.119 e. The molecule has 0 fully saturated rings. The van der Waals surface area contributed by atoms with Crippen molar-refractivity contribution in [3.63, 3.8) is 0 Å².